The van der Waals surface area contributed by atoms with E-state index in [1.165, 1.54) is 12.5 Å². The van der Waals surface area contributed by atoms with Gasteiger partial charge in [0.25, 0.3) is 0 Å². The third-order valence-electron chi connectivity index (χ3n) is 1.85. The summed E-state index contributed by atoms with van der Waals surface area (Å²) < 4.78 is 5.11. The predicted molar refractivity (Wildman–Crippen MR) is 73.4 cm³/mol. The second-order valence-electron chi connectivity index (χ2n) is 4.70. The lowest BCUT2D eigenvalue weighted by Crippen LogP contribution is -2.30. The Morgan fingerprint density at radius 1 is 1.53 bits per heavy atom. The summed E-state index contributed by atoms with van der Waals surface area (Å²) in [7, 11) is 0. The maximum absolute atomic E-state index is 11.5. The van der Waals surface area contributed by atoms with Crippen molar-refractivity contribution < 1.29 is 9.53 Å². The third-order valence-corrected chi connectivity index (χ3v) is 1.85. The van der Waals surface area contributed by atoms with Gasteiger partial charge in [-0.1, -0.05) is 0 Å². The van der Waals surface area contributed by atoms with Crippen LogP contribution in [0.1, 0.15) is 20.8 Å². The van der Waals surface area contributed by atoms with Crippen LogP contribution in [0, 0.1) is 0 Å². The van der Waals surface area contributed by atoms with Gasteiger partial charge in [0.15, 0.2) is 0 Å². The van der Waals surface area contributed by atoms with Gasteiger partial charge in [-0.2, -0.15) is 5.10 Å². The SMILES string of the molecule is CC(C)(C)OC(=O)Nc1ccc(N(N)/C=N\N)nc1. The van der Waals surface area contributed by atoms with Gasteiger partial charge in [0.1, 0.15) is 17.8 Å². The number of carbonyl (C=O) groups is 1. The standard InChI is InChI=1S/C11H18N6O2/c1-11(2,3)19-10(18)16-8-4-5-9(14-6-8)17(13)7-15-12/h4-7H,12-13H2,1-3H3,(H,16,18)/b15-7-. The Kier molecular flexibility index (Phi) is 4.65. The number of pyridine rings is 1. The van der Waals surface area contributed by atoms with Gasteiger partial charge in [-0.05, 0) is 32.9 Å². The van der Waals surface area contributed by atoms with E-state index < -0.39 is 11.7 Å². The average molecular weight is 266 g/mol. The number of anilines is 2. The molecule has 0 fully saturated rings. The first kappa shape index (κ1) is 14.7. The number of ether oxygens (including phenoxy) is 1. The lowest BCUT2D eigenvalue weighted by molar-refractivity contribution is 0.0636. The van der Waals surface area contributed by atoms with Crippen molar-refractivity contribution in [3.63, 3.8) is 0 Å². The number of hydrazine groups is 1. The molecule has 0 radical (unpaired) electrons. The third kappa shape index (κ3) is 5.21. The molecule has 0 aromatic carbocycles. The van der Waals surface area contributed by atoms with Crippen molar-refractivity contribution in [3.05, 3.63) is 18.3 Å². The maximum Gasteiger partial charge on any atom is 0.412 e. The minimum Gasteiger partial charge on any atom is -0.444 e. The molecule has 1 heterocycles. The topological polar surface area (TPSA) is 119 Å². The van der Waals surface area contributed by atoms with Crippen LogP contribution >= 0.6 is 0 Å². The largest absolute Gasteiger partial charge is 0.444 e. The van der Waals surface area contributed by atoms with Gasteiger partial charge in [0, 0.05) is 0 Å². The fraction of sp³-hybridized carbons (Fsp3) is 0.364. The van der Waals surface area contributed by atoms with E-state index in [1.54, 1.807) is 32.9 Å². The fourth-order valence-corrected chi connectivity index (χ4v) is 1.17. The Labute approximate surface area is 111 Å². The molecular formula is C11H18N6O2. The highest BCUT2D eigenvalue weighted by atomic mass is 16.6. The number of amides is 1. The Morgan fingerprint density at radius 3 is 2.68 bits per heavy atom. The molecule has 0 unspecified atom stereocenters. The summed E-state index contributed by atoms with van der Waals surface area (Å²) >= 11 is 0. The van der Waals surface area contributed by atoms with Crippen molar-refractivity contribution in [1.29, 1.82) is 0 Å². The number of hydrogen-bond donors (Lipinski definition) is 3. The zero-order valence-electron chi connectivity index (χ0n) is 11.1. The number of nitrogens with zero attached hydrogens (tertiary/aromatic N) is 3. The quantitative estimate of drug-likeness (QED) is 0.325. The van der Waals surface area contributed by atoms with E-state index in [0.717, 1.165) is 5.01 Å². The monoisotopic (exact) mass is 266 g/mol. The van der Waals surface area contributed by atoms with E-state index in [4.69, 9.17) is 16.4 Å². The molecule has 0 atom stereocenters. The summed E-state index contributed by atoms with van der Waals surface area (Å²) in [5.41, 5.74) is -0.0561. The lowest BCUT2D eigenvalue weighted by atomic mass is 10.2. The van der Waals surface area contributed by atoms with Gasteiger partial charge in [0.05, 0.1) is 11.9 Å². The van der Waals surface area contributed by atoms with Crippen LogP contribution in [0.15, 0.2) is 23.4 Å². The highest BCUT2D eigenvalue weighted by Gasteiger charge is 2.16. The van der Waals surface area contributed by atoms with Crippen LogP contribution in [-0.4, -0.2) is 23.0 Å². The summed E-state index contributed by atoms with van der Waals surface area (Å²) in [6.45, 7) is 5.35. The Bertz CT molecular complexity index is 451. The Balaban J connectivity index is 2.64. The number of nitrogens with one attached hydrogen (secondary N) is 1. The van der Waals surface area contributed by atoms with Crippen molar-refractivity contribution in [2.45, 2.75) is 26.4 Å². The summed E-state index contributed by atoms with van der Waals surface area (Å²) in [5.74, 6) is 11.0. The van der Waals surface area contributed by atoms with Crippen molar-refractivity contribution in [2.24, 2.45) is 16.8 Å². The van der Waals surface area contributed by atoms with Gasteiger partial charge < -0.3 is 10.6 Å². The van der Waals surface area contributed by atoms with Crippen LogP contribution in [0.2, 0.25) is 0 Å². The van der Waals surface area contributed by atoms with E-state index in [2.05, 4.69) is 15.4 Å². The molecule has 1 aromatic rings. The fourth-order valence-electron chi connectivity index (χ4n) is 1.17. The van der Waals surface area contributed by atoms with Crippen LogP contribution in [-0.2, 0) is 4.74 Å². The van der Waals surface area contributed by atoms with Crippen LogP contribution in [0.3, 0.4) is 0 Å². The number of carbonyl (C=O) groups excluding carboxylic acids is 1. The lowest BCUT2D eigenvalue weighted by Gasteiger charge is -2.19. The minimum atomic E-state index is -0.552. The van der Waals surface area contributed by atoms with Gasteiger partial charge in [0.2, 0.25) is 0 Å². The molecule has 0 saturated carbocycles. The van der Waals surface area contributed by atoms with E-state index in [0.29, 0.717) is 11.5 Å². The average Bonchev–Trinajstić information content (AvgIpc) is 2.27. The first-order valence-corrected chi connectivity index (χ1v) is 5.55. The molecule has 104 valence electrons. The molecule has 0 aliphatic rings. The number of hydrazone groups is 1. The first-order chi connectivity index (χ1) is 8.81. The van der Waals surface area contributed by atoms with Gasteiger partial charge in [-0.15, -0.1) is 0 Å². The molecule has 0 saturated heterocycles. The molecule has 0 bridgehead atoms. The Hall–Kier alpha value is -2.35. The molecule has 8 heteroatoms. The molecule has 1 rings (SSSR count). The summed E-state index contributed by atoms with van der Waals surface area (Å²) in [6.07, 6.45) is 2.11. The van der Waals surface area contributed by atoms with Gasteiger partial charge in [-0.25, -0.2) is 20.6 Å². The van der Waals surface area contributed by atoms with E-state index in [1.807, 2.05) is 0 Å². The number of hydrogen-bond acceptors (Lipinski definition) is 6. The number of aromatic nitrogens is 1. The van der Waals surface area contributed by atoms with Crippen LogP contribution in [0.4, 0.5) is 16.3 Å². The molecule has 19 heavy (non-hydrogen) atoms. The predicted octanol–water partition coefficient (Wildman–Crippen LogP) is 1.01. The van der Waals surface area contributed by atoms with Crippen LogP contribution < -0.4 is 22.0 Å². The van der Waals surface area contributed by atoms with Gasteiger partial charge in [-0.3, -0.25) is 5.32 Å². The molecular weight excluding hydrogens is 248 g/mol. The number of rotatable bonds is 3. The minimum absolute atomic E-state index is 0.434. The molecule has 0 spiro atoms. The first-order valence-electron chi connectivity index (χ1n) is 5.55. The van der Waals surface area contributed by atoms with Crippen LogP contribution in [0.25, 0.3) is 0 Å². The zero-order chi connectivity index (χ0) is 14.5. The van der Waals surface area contributed by atoms with Gasteiger partial charge >= 0.3 is 6.09 Å². The number of nitrogens with two attached hydrogens (primary N) is 2. The molecule has 5 N–H and O–H groups in total. The molecule has 1 aromatic heterocycles. The van der Waals surface area contributed by atoms with E-state index in [-0.39, 0.29) is 0 Å². The normalized spacial score (nSPS) is 11.4. The highest BCUT2D eigenvalue weighted by Crippen LogP contribution is 2.13. The Morgan fingerprint density at radius 2 is 2.21 bits per heavy atom. The van der Waals surface area contributed by atoms with Crippen molar-refractivity contribution in [3.8, 4) is 0 Å². The second-order valence-corrected chi connectivity index (χ2v) is 4.70. The second kappa shape index (κ2) is 6.01. The highest BCUT2D eigenvalue weighted by molar-refractivity contribution is 5.85. The van der Waals surface area contributed by atoms with E-state index in [9.17, 15) is 4.79 Å². The molecule has 0 aliphatic carbocycles. The summed E-state index contributed by atoms with van der Waals surface area (Å²) in [4.78, 5) is 15.5. The van der Waals surface area contributed by atoms with E-state index >= 15 is 0 Å². The maximum atomic E-state index is 11.5. The summed E-state index contributed by atoms with van der Waals surface area (Å²) in [6, 6.07) is 3.24. The van der Waals surface area contributed by atoms with Crippen molar-refractivity contribution in [2.75, 3.05) is 10.3 Å². The molecule has 1 amide bonds. The van der Waals surface area contributed by atoms with Crippen LogP contribution in [0.5, 0.6) is 0 Å². The molecule has 8 nitrogen and oxygen atoms in total. The zero-order valence-corrected chi connectivity index (χ0v) is 11.1. The smallest absolute Gasteiger partial charge is 0.412 e. The summed E-state index contributed by atoms with van der Waals surface area (Å²) in [5, 5.41) is 6.97. The molecule has 0 aliphatic heterocycles. The van der Waals surface area contributed by atoms with Crippen molar-refractivity contribution >= 4 is 23.9 Å². The van der Waals surface area contributed by atoms with Crippen molar-refractivity contribution in [1.82, 2.24) is 4.98 Å².